The van der Waals surface area contributed by atoms with Crippen molar-refractivity contribution in [1.29, 1.82) is 0 Å². The zero-order chi connectivity index (χ0) is 19.2. The Bertz CT molecular complexity index is 911. The molecule has 0 unspecified atom stereocenters. The van der Waals surface area contributed by atoms with Gasteiger partial charge in [0, 0.05) is 31.2 Å². The van der Waals surface area contributed by atoms with Crippen LogP contribution in [0.3, 0.4) is 0 Å². The number of rotatable bonds is 3. The van der Waals surface area contributed by atoms with Crippen LogP contribution in [0.15, 0.2) is 28.8 Å². The first-order valence-corrected chi connectivity index (χ1v) is 9.13. The Morgan fingerprint density at radius 2 is 2.15 bits per heavy atom. The smallest absolute Gasteiger partial charge is 0.311 e. The van der Waals surface area contributed by atoms with Crippen molar-refractivity contribution >= 4 is 23.5 Å². The fourth-order valence-corrected chi connectivity index (χ4v) is 4.30. The molecule has 1 amide bonds. The molecule has 1 aromatic carbocycles. The van der Waals surface area contributed by atoms with Gasteiger partial charge in [0.1, 0.15) is 17.0 Å². The largest absolute Gasteiger partial charge is 0.481 e. The number of carbonyl (C=O) groups excluding carboxylic acids is 1. The van der Waals surface area contributed by atoms with E-state index in [0.29, 0.717) is 53.8 Å². The number of ether oxygens (including phenoxy) is 1. The SMILES string of the molecule is Cc1onc(-c2ccccc2Cl)c1C(=O)N1C[C@H]2COCC[C@@]2(C(=O)O)C1. The summed E-state index contributed by atoms with van der Waals surface area (Å²) in [5, 5.41) is 14.3. The lowest BCUT2D eigenvalue weighted by Gasteiger charge is -2.33. The van der Waals surface area contributed by atoms with Crippen molar-refractivity contribution in [3.8, 4) is 11.3 Å². The maximum Gasteiger partial charge on any atom is 0.311 e. The van der Waals surface area contributed by atoms with Crippen LogP contribution in [0.25, 0.3) is 11.3 Å². The molecule has 2 aromatic rings. The van der Waals surface area contributed by atoms with Gasteiger partial charge in [0.05, 0.1) is 17.0 Å². The van der Waals surface area contributed by atoms with Gasteiger partial charge in [0.2, 0.25) is 0 Å². The predicted octanol–water partition coefficient (Wildman–Crippen LogP) is 2.87. The first kappa shape index (κ1) is 18.0. The molecule has 0 aliphatic carbocycles. The third kappa shape index (κ3) is 2.82. The minimum atomic E-state index is -0.955. The molecule has 2 saturated heterocycles. The van der Waals surface area contributed by atoms with Gasteiger partial charge >= 0.3 is 5.97 Å². The molecule has 27 heavy (non-hydrogen) atoms. The number of benzene rings is 1. The Balaban J connectivity index is 1.70. The van der Waals surface area contributed by atoms with Crippen molar-refractivity contribution in [2.24, 2.45) is 11.3 Å². The van der Waals surface area contributed by atoms with E-state index in [1.165, 1.54) is 0 Å². The number of likely N-dealkylation sites (tertiary alicyclic amines) is 1. The van der Waals surface area contributed by atoms with E-state index in [0.717, 1.165) is 0 Å². The molecule has 2 fully saturated rings. The van der Waals surface area contributed by atoms with Gasteiger partial charge in [-0.2, -0.15) is 0 Å². The third-order valence-corrected chi connectivity index (χ3v) is 5.96. The molecule has 0 bridgehead atoms. The first-order valence-electron chi connectivity index (χ1n) is 8.75. The molecular formula is C19H19ClN2O5. The Hall–Kier alpha value is -2.38. The topological polar surface area (TPSA) is 92.9 Å². The molecule has 0 radical (unpaired) electrons. The molecule has 2 aliphatic heterocycles. The summed E-state index contributed by atoms with van der Waals surface area (Å²) in [6, 6.07) is 7.09. The highest BCUT2D eigenvalue weighted by Gasteiger charge is 2.55. The van der Waals surface area contributed by atoms with Crippen LogP contribution in [0.5, 0.6) is 0 Å². The average molecular weight is 391 g/mol. The maximum absolute atomic E-state index is 13.3. The van der Waals surface area contributed by atoms with E-state index >= 15 is 0 Å². The standard InChI is InChI=1S/C19H19ClN2O5/c1-11-15(16(21-27-11)13-4-2-3-5-14(13)20)17(23)22-8-12-9-26-7-6-19(12,10-22)18(24)25/h2-5,12H,6-10H2,1H3,(H,24,25)/t12-,19+/m0/s1. The highest BCUT2D eigenvalue weighted by molar-refractivity contribution is 6.33. The molecular weight excluding hydrogens is 372 g/mol. The van der Waals surface area contributed by atoms with Crippen molar-refractivity contribution < 1.29 is 24.0 Å². The summed E-state index contributed by atoms with van der Waals surface area (Å²) in [5.41, 5.74) is 0.345. The molecule has 2 atom stereocenters. The van der Waals surface area contributed by atoms with Gasteiger partial charge in [-0.05, 0) is 19.4 Å². The molecule has 1 N–H and O–H groups in total. The number of aromatic nitrogens is 1. The number of aliphatic carboxylic acids is 1. The van der Waals surface area contributed by atoms with Gasteiger partial charge in [-0.25, -0.2) is 0 Å². The summed E-state index contributed by atoms with van der Waals surface area (Å²) in [4.78, 5) is 26.8. The van der Waals surface area contributed by atoms with Crippen molar-refractivity contribution in [2.75, 3.05) is 26.3 Å². The highest BCUT2D eigenvalue weighted by Crippen LogP contribution is 2.43. The molecule has 1 aromatic heterocycles. The normalized spacial score (nSPS) is 24.7. The number of carboxylic acid groups (broad SMARTS) is 1. The number of halogens is 1. The average Bonchev–Trinajstić information content (AvgIpc) is 3.23. The molecule has 0 spiro atoms. The van der Waals surface area contributed by atoms with E-state index in [4.69, 9.17) is 20.9 Å². The maximum atomic E-state index is 13.3. The number of amides is 1. The van der Waals surface area contributed by atoms with Gasteiger partial charge in [-0.3, -0.25) is 9.59 Å². The third-order valence-electron chi connectivity index (χ3n) is 5.63. The number of carbonyl (C=O) groups is 2. The number of hydrogen-bond donors (Lipinski definition) is 1. The van der Waals surface area contributed by atoms with Crippen LogP contribution >= 0.6 is 11.6 Å². The van der Waals surface area contributed by atoms with Crippen LogP contribution in [-0.2, 0) is 9.53 Å². The fraction of sp³-hybridized carbons (Fsp3) is 0.421. The highest BCUT2D eigenvalue weighted by atomic mass is 35.5. The molecule has 7 nitrogen and oxygen atoms in total. The number of nitrogens with zero attached hydrogens (tertiary/aromatic N) is 2. The zero-order valence-corrected chi connectivity index (χ0v) is 15.5. The van der Waals surface area contributed by atoms with Crippen molar-refractivity contribution in [3.63, 3.8) is 0 Å². The molecule has 142 valence electrons. The Morgan fingerprint density at radius 3 is 2.85 bits per heavy atom. The summed E-state index contributed by atoms with van der Waals surface area (Å²) in [6.45, 7) is 2.89. The number of aryl methyl sites for hydroxylation is 1. The summed E-state index contributed by atoms with van der Waals surface area (Å²) < 4.78 is 10.7. The number of hydrogen-bond acceptors (Lipinski definition) is 5. The molecule has 8 heteroatoms. The molecule has 0 saturated carbocycles. The molecule has 2 aliphatic rings. The van der Waals surface area contributed by atoms with Gasteiger partial charge in [0.25, 0.3) is 5.91 Å². The van der Waals surface area contributed by atoms with Crippen LogP contribution < -0.4 is 0 Å². The zero-order valence-electron chi connectivity index (χ0n) is 14.8. The predicted molar refractivity (Wildman–Crippen MR) is 96.6 cm³/mol. The summed E-state index contributed by atoms with van der Waals surface area (Å²) in [6.07, 6.45) is 0.400. The Kier molecular flexibility index (Phi) is 4.44. The second-order valence-corrected chi connectivity index (χ2v) is 7.52. The van der Waals surface area contributed by atoms with Crippen LogP contribution in [0.1, 0.15) is 22.5 Å². The van der Waals surface area contributed by atoms with Gasteiger partial charge < -0.3 is 19.3 Å². The van der Waals surface area contributed by atoms with Crippen molar-refractivity contribution in [2.45, 2.75) is 13.3 Å². The van der Waals surface area contributed by atoms with Gasteiger partial charge in [-0.15, -0.1) is 0 Å². The van der Waals surface area contributed by atoms with Gasteiger partial charge in [-0.1, -0.05) is 35.0 Å². The Labute approximate surface area is 160 Å². The minimum Gasteiger partial charge on any atom is -0.481 e. The monoisotopic (exact) mass is 390 g/mol. The summed E-state index contributed by atoms with van der Waals surface area (Å²) in [7, 11) is 0. The van der Waals surface area contributed by atoms with E-state index in [1.807, 2.05) is 0 Å². The quantitative estimate of drug-likeness (QED) is 0.866. The van der Waals surface area contributed by atoms with E-state index in [1.54, 1.807) is 36.1 Å². The van der Waals surface area contributed by atoms with Crippen molar-refractivity contribution in [1.82, 2.24) is 10.1 Å². The first-order chi connectivity index (χ1) is 12.9. The van der Waals surface area contributed by atoms with Crippen molar-refractivity contribution in [3.05, 3.63) is 40.6 Å². The summed E-state index contributed by atoms with van der Waals surface area (Å²) >= 11 is 6.27. The van der Waals surface area contributed by atoms with E-state index < -0.39 is 11.4 Å². The van der Waals surface area contributed by atoms with Crippen LogP contribution in [0.2, 0.25) is 5.02 Å². The van der Waals surface area contributed by atoms with E-state index in [-0.39, 0.29) is 18.4 Å². The van der Waals surface area contributed by atoms with E-state index in [9.17, 15) is 14.7 Å². The summed E-state index contributed by atoms with van der Waals surface area (Å²) in [5.74, 6) is -1.01. The second-order valence-electron chi connectivity index (χ2n) is 7.11. The molecule has 3 heterocycles. The Morgan fingerprint density at radius 1 is 1.37 bits per heavy atom. The number of carboxylic acids is 1. The van der Waals surface area contributed by atoms with Crippen LogP contribution in [0, 0.1) is 18.3 Å². The van der Waals surface area contributed by atoms with Crippen LogP contribution in [0.4, 0.5) is 0 Å². The molecule has 4 rings (SSSR count). The second kappa shape index (κ2) is 6.65. The van der Waals surface area contributed by atoms with E-state index in [2.05, 4.69) is 5.16 Å². The lowest BCUT2D eigenvalue weighted by atomic mass is 9.74. The number of fused-ring (bicyclic) bond motifs is 1. The van der Waals surface area contributed by atoms with Crippen LogP contribution in [-0.4, -0.2) is 53.3 Å². The minimum absolute atomic E-state index is 0.155. The lowest BCUT2D eigenvalue weighted by Crippen LogP contribution is -2.45. The van der Waals surface area contributed by atoms with Gasteiger partial charge in [0.15, 0.2) is 0 Å². The fourth-order valence-electron chi connectivity index (χ4n) is 4.07. The lowest BCUT2D eigenvalue weighted by molar-refractivity contribution is -0.157.